The molecule has 0 bridgehead atoms. The van der Waals surface area contributed by atoms with Crippen LogP contribution < -0.4 is 10.2 Å². The molecule has 3 aromatic rings. The molecule has 0 spiro atoms. The molecular formula is C21H24N4OS2. The Morgan fingerprint density at radius 1 is 1.14 bits per heavy atom. The van der Waals surface area contributed by atoms with Crippen LogP contribution in [-0.2, 0) is 4.79 Å². The first-order valence-corrected chi connectivity index (χ1v) is 11.2. The number of nitrogens with zero attached hydrogens (tertiary/aromatic N) is 3. The van der Waals surface area contributed by atoms with Gasteiger partial charge >= 0.3 is 0 Å². The number of likely N-dealkylation sites (N-methyl/N-ethyl adjacent to an activating group) is 1. The minimum Gasteiger partial charge on any atom is -0.345 e. The molecule has 1 fully saturated rings. The van der Waals surface area contributed by atoms with Gasteiger partial charge in [0.1, 0.15) is 0 Å². The first kappa shape index (κ1) is 19.2. The van der Waals surface area contributed by atoms with Gasteiger partial charge in [0.05, 0.1) is 16.0 Å². The number of thiazole rings is 1. The van der Waals surface area contributed by atoms with Gasteiger partial charge in [-0.2, -0.15) is 0 Å². The smallest absolute Gasteiger partial charge is 0.234 e. The number of carbonyl (C=O) groups excluding carboxylic acids is 1. The van der Waals surface area contributed by atoms with E-state index in [0.717, 1.165) is 52.1 Å². The molecule has 1 aliphatic rings. The van der Waals surface area contributed by atoms with Crippen LogP contribution in [0, 0.1) is 6.92 Å². The number of amides is 1. The number of fused-ring (bicyclic) bond motifs is 1. The van der Waals surface area contributed by atoms with Gasteiger partial charge in [0.2, 0.25) is 5.91 Å². The second-order valence-electron chi connectivity index (χ2n) is 7.12. The fourth-order valence-corrected chi connectivity index (χ4v) is 4.86. The molecule has 2 aromatic carbocycles. The van der Waals surface area contributed by atoms with E-state index >= 15 is 0 Å². The fourth-order valence-electron chi connectivity index (χ4n) is 3.10. The van der Waals surface area contributed by atoms with Gasteiger partial charge in [0.15, 0.2) is 5.13 Å². The van der Waals surface area contributed by atoms with Gasteiger partial charge in [-0.1, -0.05) is 29.0 Å². The summed E-state index contributed by atoms with van der Waals surface area (Å²) in [4.78, 5) is 22.9. The Balaban J connectivity index is 1.38. The number of carbonyl (C=O) groups is 1. The van der Waals surface area contributed by atoms with E-state index in [4.69, 9.17) is 4.98 Å². The number of thioether (sulfide) groups is 1. The summed E-state index contributed by atoms with van der Waals surface area (Å²) < 4.78 is 1.11. The second-order valence-corrected chi connectivity index (χ2v) is 9.18. The van der Waals surface area contributed by atoms with E-state index < -0.39 is 0 Å². The molecule has 1 aromatic heterocycles. The molecule has 5 nitrogen and oxygen atoms in total. The zero-order chi connectivity index (χ0) is 19.5. The lowest BCUT2D eigenvalue weighted by Gasteiger charge is -2.31. The van der Waals surface area contributed by atoms with Crippen molar-refractivity contribution in [2.45, 2.75) is 11.8 Å². The van der Waals surface area contributed by atoms with Crippen LogP contribution in [0.15, 0.2) is 47.4 Å². The summed E-state index contributed by atoms with van der Waals surface area (Å²) in [6.45, 7) is 6.21. The van der Waals surface area contributed by atoms with Crippen LogP contribution >= 0.6 is 23.1 Å². The topological polar surface area (TPSA) is 48.5 Å². The Labute approximate surface area is 173 Å². The van der Waals surface area contributed by atoms with Crippen LogP contribution in [-0.4, -0.2) is 54.8 Å². The number of anilines is 2. The molecule has 0 radical (unpaired) electrons. The van der Waals surface area contributed by atoms with Crippen molar-refractivity contribution in [1.82, 2.24) is 9.88 Å². The molecular weight excluding hydrogens is 388 g/mol. The Morgan fingerprint density at radius 2 is 1.89 bits per heavy atom. The molecule has 1 amide bonds. The monoisotopic (exact) mass is 412 g/mol. The van der Waals surface area contributed by atoms with E-state index in [9.17, 15) is 4.79 Å². The number of benzene rings is 2. The highest BCUT2D eigenvalue weighted by Gasteiger charge is 2.17. The van der Waals surface area contributed by atoms with E-state index in [1.165, 1.54) is 5.56 Å². The summed E-state index contributed by atoms with van der Waals surface area (Å²) in [6.07, 6.45) is 0. The van der Waals surface area contributed by atoms with Crippen molar-refractivity contribution in [3.63, 3.8) is 0 Å². The highest BCUT2D eigenvalue weighted by atomic mass is 32.2. The maximum Gasteiger partial charge on any atom is 0.234 e. The van der Waals surface area contributed by atoms with Crippen LogP contribution in [0.3, 0.4) is 0 Å². The van der Waals surface area contributed by atoms with Crippen LogP contribution in [0.25, 0.3) is 10.2 Å². The second kappa shape index (κ2) is 8.51. The molecule has 0 saturated carbocycles. The quantitative estimate of drug-likeness (QED) is 0.640. The molecule has 0 atom stereocenters. The lowest BCUT2D eigenvalue weighted by Crippen LogP contribution is -2.44. The first-order chi connectivity index (χ1) is 13.6. The van der Waals surface area contributed by atoms with Crippen LogP contribution in [0.1, 0.15) is 5.56 Å². The fraction of sp³-hybridized carbons (Fsp3) is 0.333. The minimum atomic E-state index is 0.00808. The Hall–Kier alpha value is -2.09. The highest BCUT2D eigenvalue weighted by molar-refractivity contribution is 8.00. The van der Waals surface area contributed by atoms with Gasteiger partial charge in [-0.05, 0) is 44.3 Å². The van der Waals surface area contributed by atoms with Gasteiger partial charge in [-0.25, -0.2) is 4.98 Å². The largest absolute Gasteiger partial charge is 0.345 e. The normalized spacial score (nSPS) is 15.1. The Kier molecular flexibility index (Phi) is 5.85. The average Bonchev–Trinajstić information content (AvgIpc) is 3.11. The lowest BCUT2D eigenvalue weighted by atomic mass is 10.2. The van der Waals surface area contributed by atoms with Crippen molar-refractivity contribution in [2.75, 3.05) is 49.2 Å². The molecule has 28 heavy (non-hydrogen) atoms. The zero-order valence-electron chi connectivity index (χ0n) is 16.1. The number of nitrogens with one attached hydrogen (secondary N) is 1. The van der Waals surface area contributed by atoms with E-state index in [0.29, 0.717) is 5.75 Å². The summed E-state index contributed by atoms with van der Waals surface area (Å²) in [5, 5.41) is 4.08. The maximum atomic E-state index is 12.3. The number of piperazine rings is 1. The molecule has 1 N–H and O–H groups in total. The van der Waals surface area contributed by atoms with E-state index in [1.807, 2.05) is 18.2 Å². The van der Waals surface area contributed by atoms with Crippen LogP contribution in [0.4, 0.5) is 10.8 Å². The number of hydrogen-bond acceptors (Lipinski definition) is 6. The zero-order valence-corrected chi connectivity index (χ0v) is 17.8. The van der Waals surface area contributed by atoms with E-state index in [1.54, 1.807) is 23.1 Å². The van der Waals surface area contributed by atoms with Gasteiger partial charge < -0.3 is 15.1 Å². The third kappa shape index (κ3) is 4.66. The molecule has 0 aliphatic carbocycles. The third-order valence-electron chi connectivity index (χ3n) is 4.83. The average molecular weight is 413 g/mol. The number of aryl methyl sites for hydroxylation is 1. The van der Waals surface area contributed by atoms with Crippen molar-refractivity contribution in [2.24, 2.45) is 0 Å². The van der Waals surface area contributed by atoms with Gasteiger partial charge in [0, 0.05) is 36.8 Å². The molecule has 4 rings (SSSR count). The molecule has 7 heteroatoms. The summed E-state index contributed by atoms with van der Waals surface area (Å²) in [5.74, 6) is 0.407. The maximum absolute atomic E-state index is 12.3. The number of aromatic nitrogens is 1. The molecule has 0 unspecified atom stereocenters. The standard InChI is InChI=1S/C21H24N4OS2/c1-15-3-6-17(7-4-15)27-14-20(26)22-16-5-8-18-19(13-16)28-21(23-18)25-11-9-24(2)10-12-25/h3-8,13H,9-12,14H2,1-2H3,(H,22,26). The molecule has 1 aliphatic heterocycles. The Bertz CT molecular complexity index is 962. The van der Waals surface area contributed by atoms with Crippen molar-refractivity contribution < 1.29 is 4.79 Å². The minimum absolute atomic E-state index is 0.00808. The van der Waals surface area contributed by atoms with E-state index in [-0.39, 0.29) is 5.91 Å². The third-order valence-corrected chi connectivity index (χ3v) is 6.92. The predicted octanol–water partition coefficient (Wildman–Crippen LogP) is 4.09. The van der Waals surface area contributed by atoms with Crippen molar-refractivity contribution in [1.29, 1.82) is 0 Å². The summed E-state index contributed by atoms with van der Waals surface area (Å²) in [5.41, 5.74) is 3.05. The van der Waals surface area contributed by atoms with Gasteiger partial charge in [-0.15, -0.1) is 11.8 Å². The van der Waals surface area contributed by atoms with E-state index in [2.05, 4.69) is 53.4 Å². The van der Waals surface area contributed by atoms with Crippen molar-refractivity contribution >= 4 is 50.0 Å². The van der Waals surface area contributed by atoms with Crippen molar-refractivity contribution in [3.05, 3.63) is 48.0 Å². The first-order valence-electron chi connectivity index (χ1n) is 9.40. The SMILES string of the molecule is Cc1ccc(SCC(=O)Nc2ccc3nc(N4CCN(C)CC4)sc3c2)cc1. The van der Waals surface area contributed by atoms with Gasteiger partial charge in [0.25, 0.3) is 0 Å². The molecule has 2 heterocycles. The van der Waals surface area contributed by atoms with Gasteiger partial charge in [-0.3, -0.25) is 4.79 Å². The molecule has 146 valence electrons. The lowest BCUT2D eigenvalue weighted by molar-refractivity contribution is -0.113. The summed E-state index contributed by atoms with van der Waals surface area (Å²) >= 11 is 3.25. The predicted molar refractivity (Wildman–Crippen MR) is 120 cm³/mol. The van der Waals surface area contributed by atoms with Crippen molar-refractivity contribution in [3.8, 4) is 0 Å². The number of rotatable bonds is 5. The number of hydrogen-bond donors (Lipinski definition) is 1. The summed E-state index contributed by atoms with van der Waals surface area (Å²) in [6, 6.07) is 14.2. The van der Waals surface area contributed by atoms with Crippen LogP contribution in [0.2, 0.25) is 0 Å². The Morgan fingerprint density at radius 3 is 2.64 bits per heavy atom. The molecule has 1 saturated heterocycles. The van der Waals surface area contributed by atoms with Crippen LogP contribution in [0.5, 0.6) is 0 Å². The summed E-state index contributed by atoms with van der Waals surface area (Å²) in [7, 11) is 2.15. The highest BCUT2D eigenvalue weighted by Crippen LogP contribution is 2.31.